The van der Waals surface area contributed by atoms with Gasteiger partial charge in [0.05, 0.1) is 0 Å². The van der Waals surface area contributed by atoms with Gasteiger partial charge in [-0.15, -0.1) is 0 Å². The standard InChI is InChI=1S/C18H14BrOP/c19-15-11-13-16(14-12-15)20-21(17-7-3-1-4-8-17)18-9-5-2-6-10-18/h1-14H. The molecule has 0 aromatic heterocycles. The maximum Gasteiger partial charge on any atom is 0.150 e. The fraction of sp³-hybridized carbons (Fsp3) is 0. The number of rotatable bonds is 4. The summed E-state index contributed by atoms with van der Waals surface area (Å²) < 4.78 is 7.34. The molecule has 3 rings (SSSR count). The average Bonchev–Trinajstić information content (AvgIpc) is 2.56. The van der Waals surface area contributed by atoms with Gasteiger partial charge in [-0.1, -0.05) is 76.6 Å². The predicted octanol–water partition coefficient (Wildman–Crippen LogP) is 4.88. The minimum absolute atomic E-state index is 0.852. The molecule has 0 unspecified atom stereocenters. The highest BCUT2D eigenvalue weighted by atomic mass is 79.9. The largest absolute Gasteiger partial charge is 0.464 e. The maximum absolute atomic E-state index is 6.29. The molecule has 0 aliphatic heterocycles. The molecule has 0 atom stereocenters. The lowest BCUT2D eigenvalue weighted by atomic mass is 10.3. The highest BCUT2D eigenvalue weighted by Gasteiger charge is 2.16. The molecule has 3 aromatic carbocycles. The molecule has 0 aliphatic rings. The van der Waals surface area contributed by atoms with Crippen molar-refractivity contribution < 1.29 is 4.52 Å². The van der Waals surface area contributed by atoms with Crippen molar-refractivity contribution in [2.75, 3.05) is 0 Å². The van der Waals surface area contributed by atoms with Crippen molar-refractivity contribution in [3.05, 3.63) is 89.4 Å². The monoisotopic (exact) mass is 356 g/mol. The van der Waals surface area contributed by atoms with E-state index in [4.69, 9.17) is 4.52 Å². The summed E-state index contributed by atoms with van der Waals surface area (Å²) in [6.07, 6.45) is 0. The molecule has 104 valence electrons. The lowest BCUT2D eigenvalue weighted by Gasteiger charge is -2.19. The van der Waals surface area contributed by atoms with E-state index in [0.29, 0.717) is 0 Å². The van der Waals surface area contributed by atoms with Crippen molar-refractivity contribution in [3.63, 3.8) is 0 Å². The quantitative estimate of drug-likeness (QED) is 0.605. The van der Waals surface area contributed by atoms with Gasteiger partial charge in [-0.2, -0.15) is 0 Å². The Kier molecular flexibility index (Phi) is 4.69. The van der Waals surface area contributed by atoms with E-state index < -0.39 is 8.15 Å². The Labute approximate surface area is 134 Å². The van der Waals surface area contributed by atoms with Gasteiger partial charge in [0.15, 0.2) is 8.15 Å². The molecule has 3 heteroatoms. The normalized spacial score (nSPS) is 10.6. The Hall–Kier alpha value is -1.63. The molecule has 3 aromatic rings. The lowest BCUT2D eigenvalue weighted by Crippen LogP contribution is -2.15. The Balaban J connectivity index is 1.95. The summed E-state index contributed by atoms with van der Waals surface area (Å²) in [6.45, 7) is 0. The third kappa shape index (κ3) is 3.72. The smallest absolute Gasteiger partial charge is 0.150 e. The van der Waals surface area contributed by atoms with Crippen molar-refractivity contribution >= 4 is 34.7 Å². The van der Waals surface area contributed by atoms with Gasteiger partial charge in [0.2, 0.25) is 0 Å². The van der Waals surface area contributed by atoms with Crippen LogP contribution < -0.4 is 15.1 Å². The van der Waals surface area contributed by atoms with Crippen LogP contribution in [0.5, 0.6) is 5.75 Å². The van der Waals surface area contributed by atoms with Gasteiger partial charge in [-0.25, -0.2) is 0 Å². The summed E-state index contributed by atoms with van der Waals surface area (Å²) in [4.78, 5) is 0. The molecule has 0 spiro atoms. The van der Waals surface area contributed by atoms with E-state index in [9.17, 15) is 0 Å². The summed E-state index contributed by atoms with van der Waals surface area (Å²) in [7, 11) is -0.852. The highest BCUT2D eigenvalue weighted by molar-refractivity contribution is 9.10. The first-order valence-corrected chi connectivity index (χ1v) is 8.72. The second-order valence-electron chi connectivity index (χ2n) is 4.51. The minimum atomic E-state index is -0.852. The molecule has 21 heavy (non-hydrogen) atoms. The van der Waals surface area contributed by atoms with E-state index in [1.165, 1.54) is 10.6 Å². The zero-order valence-corrected chi connectivity index (χ0v) is 13.8. The number of hydrogen-bond donors (Lipinski definition) is 0. The SMILES string of the molecule is Brc1ccc(OP(c2ccccc2)c2ccccc2)cc1. The van der Waals surface area contributed by atoms with Gasteiger partial charge in [0.25, 0.3) is 0 Å². The second-order valence-corrected chi connectivity index (χ2v) is 7.23. The average molecular weight is 357 g/mol. The van der Waals surface area contributed by atoms with Crippen molar-refractivity contribution in [1.29, 1.82) is 0 Å². The summed E-state index contributed by atoms with van der Waals surface area (Å²) in [5.74, 6) is 0.886. The molecule has 0 N–H and O–H groups in total. The summed E-state index contributed by atoms with van der Waals surface area (Å²) in [6, 6.07) is 28.7. The first-order valence-electron chi connectivity index (χ1n) is 6.67. The van der Waals surface area contributed by atoms with Crippen LogP contribution in [0, 0.1) is 0 Å². The van der Waals surface area contributed by atoms with Gasteiger partial charge in [-0.3, -0.25) is 0 Å². The first kappa shape index (κ1) is 14.3. The summed E-state index contributed by atoms with van der Waals surface area (Å²) in [5, 5.41) is 2.42. The zero-order valence-electron chi connectivity index (χ0n) is 11.3. The Morgan fingerprint density at radius 1 is 0.619 bits per heavy atom. The molecular weight excluding hydrogens is 343 g/mol. The van der Waals surface area contributed by atoms with E-state index in [-0.39, 0.29) is 0 Å². The Morgan fingerprint density at radius 3 is 1.57 bits per heavy atom. The van der Waals surface area contributed by atoms with E-state index in [0.717, 1.165) is 10.2 Å². The fourth-order valence-corrected chi connectivity index (χ4v) is 3.97. The Bertz CT molecular complexity index is 644. The number of hydrogen-bond acceptors (Lipinski definition) is 1. The molecule has 0 amide bonds. The first-order chi connectivity index (χ1) is 10.3. The van der Waals surface area contributed by atoms with Gasteiger partial charge < -0.3 is 4.52 Å². The summed E-state index contributed by atoms with van der Waals surface area (Å²) >= 11 is 3.45. The zero-order chi connectivity index (χ0) is 14.5. The van der Waals surface area contributed by atoms with E-state index in [1.807, 2.05) is 36.4 Å². The van der Waals surface area contributed by atoms with Crippen molar-refractivity contribution in [3.8, 4) is 5.75 Å². The highest BCUT2D eigenvalue weighted by Crippen LogP contribution is 2.36. The van der Waals surface area contributed by atoms with Gasteiger partial charge in [0.1, 0.15) is 5.75 Å². The van der Waals surface area contributed by atoms with E-state index in [2.05, 4.69) is 64.5 Å². The molecule has 0 saturated carbocycles. The number of halogens is 1. The van der Waals surface area contributed by atoms with Crippen molar-refractivity contribution in [1.82, 2.24) is 0 Å². The van der Waals surface area contributed by atoms with Gasteiger partial charge in [0, 0.05) is 15.1 Å². The van der Waals surface area contributed by atoms with Gasteiger partial charge >= 0.3 is 0 Å². The molecule has 0 fully saturated rings. The third-order valence-electron chi connectivity index (χ3n) is 2.99. The maximum atomic E-state index is 6.29. The second kappa shape index (κ2) is 6.89. The van der Waals surface area contributed by atoms with Crippen LogP contribution in [0.3, 0.4) is 0 Å². The van der Waals surface area contributed by atoms with Crippen LogP contribution in [-0.2, 0) is 0 Å². The van der Waals surface area contributed by atoms with Gasteiger partial charge in [-0.05, 0) is 24.3 Å². The van der Waals surface area contributed by atoms with E-state index in [1.54, 1.807) is 0 Å². The van der Waals surface area contributed by atoms with Crippen LogP contribution in [0.2, 0.25) is 0 Å². The third-order valence-corrected chi connectivity index (χ3v) is 5.45. The molecule has 0 heterocycles. The van der Waals surface area contributed by atoms with Crippen molar-refractivity contribution in [2.24, 2.45) is 0 Å². The van der Waals surface area contributed by atoms with Crippen LogP contribution in [0.15, 0.2) is 89.4 Å². The molecule has 0 saturated heterocycles. The summed E-state index contributed by atoms with van der Waals surface area (Å²) in [5.41, 5.74) is 0. The topological polar surface area (TPSA) is 9.23 Å². The molecule has 0 radical (unpaired) electrons. The van der Waals surface area contributed by atoms with Crippen LogP contribution in [0.4, 0.5) is 0 Å². The minimum Gasteiger partial charge on any atom is -0.464 e. The molecule has 0 bridgehead atoms. The van der Waals surface area contributed by atoms with Crippen LogP contribution in [0.1, 0.15) is 0 Å². The van der Waals surface area contributed by atoms with Crippen molar-refractivity contribution in [2.45, 2.75) is 0 Å². The van der Waals surface area contributed by atoms with Crippen LogP contribution in [-0.4, -0.2) is 0 Å². The lowest BCUT2D eigenvalue weighted by molar-refractivity contribution is 0.629. The van der Waals surface area contributed by atoms with Crippen LogP contribution in [0.25, 0.3) is 0 Å². The Morgan fingerprint density at radius 2 is 1.10 bits per heavy atom. The molecule has 0 aliphatic carbocycles. The van der Waals surface area contributed by atoms with Crippen LogP contribution >= 0.6 is 24.1 Å². The molecule has 1 nitrogen and oxygen atoms in total. The number of benzene rings is 3. The molecular formula is C18H14BrOP. The van der Waals surface area contributed by atoms with E-state index >= 15 is 0 Å². The predicted molar refractivity (Wildman–Crippen MR) is 93.8 cm³/mol. The fourth-order valence-electron chi connectivity index (χ4n) is 1.98.